The van der Waals surface area contributed by atoms with E-state index in [0.29, 0.717) is 128 Å². The Morgan fingerprint density at radius 1 is 0.593 bits per heavy atom. The number of hydrogen-bond donors (Lipinski definition) is 5. The lowest BCUT2D eigenvalue weighted by Crippen LogP contribution is -2.55. The van der Waals surface area contributed by atoms with Gasteiger partial charge in [-0.2, -0.15) is 0 Å². The minimum atomic E-state index is -3.81. The number of methoxy groups -OCH3 is 1. The second-order valence-corrected chi connectivity index (χ2v) is 40.9. The predicted octanol–water partition coefficient (Wildman–Crippen LogP) is 14.8. The molecule has 4 fully saturated rings. The lowest BCUT2D eigenvalue weighted by molar-refractivity contribution is -0.132. The molecule has 17 rings (SSSR count). The van der Waals surface area contributed by atoms with Crippen molar-refractivity contribution in [3.8, 4) is 17.2 Å². The highest BCUT2D eigenvalue weighted by molar-refractivity contribution is 7.93. The van der Waals surface area contributed by atoms with Crippen LogP contribution in [0, 0.1) is 25.5 Å². The molecule has 4 saturated heterocycles. The zero-order chi connectivity index (χ0) is 95.7. The number of carbonyl (C=O) groups is 4. The molecule has 5 N–H and O–H groups in total. The van der Waals surface area contributed by atoms with Crippen molar-refractivity contribution in [1.29, 1.82) is 0 Å². The van der Waals surface area contributed by atoms with Crippen molar-refractivity contribution in [3.05, 3.63) is 262 Å². The van der Waals surface area contributed by atoms with Crippen molar-refractivity contribution in [2.75, 3.05) is 154 Å². The topological polar surface area (TPSA) is 396 Å². The molecule has 5 aliphatic rings. The van der Waals surface area contributed by atoms with Gasteiger partial charge >= 0.3 is 0 Å². The van der Waals surface area contributed by atoms with Crippen LogP contribution in [0.25, 0.3) is 0 Å². The third kappa shape index (κ3) is 25.6. The number of aryl methyl sites for hydroxylation is 2. The monoisotopic (exact) mass is 2010 g/mol. The number of thiazole rings is 2. The molecule has 34 nitrogen and oxygen atoms in total. The smallest absolute Gasteiger partial charge is 0.268 e. The summed E-state index contributed by atoms with van der Waals surface area (Å²) in [4.78, 5) is 82.8. The normalized spacial score (nSPS) is 15.8. The van der Waals surface area contributed by atoms with Gasteiger partial charge in [-0.3, -0.25) is 33.3 Å². The number of likely N-dealkylation sites (N-methyl/N-ethyl adjacent to an activating group) is 1. The summed E-state index contributed by atoms with van der Waals surface area (Å²) in [5.41, 5.74) is 7.33. The molecular weight excluding hydrogens is 1900 g/mol. The van der Waals surface area contributed by atoms with Crippen LogP contribution in [0.15, 0.2) is 248 Å². The molecule has 4 amide bonds. The SMILES string of the molecule is CN(CC(=O)N1CCN(c2ccc(S(=O)(=O)Nc3ccncn3)cc2)CC1)c1cccc(Cl)c1.COc1cccc(OC2CCN(c3ccc(S(=O)(=O)Nc4nccs4)cc3)C2=O)c1.Cc1noc(NS(=O)(=O)c2ccc(N3CCN(C(=O)[C@@H](C)N4CCCc5cc(F)ccc54)CC3)cc2)c1C.O=C(COc1ccc(F)c(Cl)c1)N[C@H]1CCN(c2ccc(S(=O)(=O)Nc3nccs3)cc2)C1.[HH].[HH].[HH].[HH].[HH].[HH].[HH]. The van der Waals surface area contributed by atoms with Crippen LogP contribution < -0.4 is 67.8 Å². The quantitative estimate of drug-likeness (QED) is 0.0304. The van der Waals surface area contributed by atoms with E-state index >= 15 is 0 Å². The number of amides is 4. The molecule has 1 unspecified atom stereocenters. The van der Waals surface area contributed by atoms with Crippen LogP contribution in [0.1, 0.15) is 53.0 Å². The van der Waals surface area contributed by atoms with Crippen LogP contribution in [0.5, 0.6) is 17.2 Å². The molecule has 8 aromatic carbocycles. The third-order valence-electron chi connectivity index (χ3n) is 22.7. The molecule has 0 saturated carbocycles. The zero-order valence-corrected chi connectivity index (χ0v) is 80.0. The number of carbonyl (C=O) groups excluding carboxylic acids is 4. The first-order chi connectivity index (χ1) is 64.7. The van der Waals surface area contributed by atoms with E-state index < -0.39 is 52.0 Å². The first kappa shape index (κ1) is 98.0. The van der Waals surface area contributed by atoms with E-state index in [1.54, 1.807) is 164 Å². The Hall–Kier alpha value is -13.0. The minimum Gasteiger partial charge on any atom is -0.497 e. The number of sulfonamides is 4. The fourth-order valence-corrected chi connectivity index (χ4v) is 21.3. The average Bonchev–Trinajstić information content (AvgIpc) is 1.07. The maximum absolute atomic E-state index is 13.7. The Morgan fingerprint density at radius 2 is 1.16 bits per heavy atom. The van der Waals surface area contributed by atoms with Gasteiger partial charge < -0.3 is 63.2 Å². The molecule has 0 radical (unpaired) electrons. The lowest BCUT2D eigenvalue weighted by atomic mass is 9.99. The Morgan fingerprint density at radius 3 is 1.72 bits per heavy atom. The first-order valence-corrected chi connectivity index (χ1v) is 51.0. The van der Waals surface area contributed by atoms with E-state index in [2.05, 4.69) is 68.9 Å². The summed E-state index contributed by atoms with van der Waals surface area (Å²) >= 11 is 14.2. The molecule has 724 valence electrons. The Kier molecular flexibility index (Phi) is 32.0. The average molecular weight is 2010 g/mol. The summed E-state index contributed by atoms with van der Waals surface area (Å²) in [5, 5.41) is 11.2. The van der Waals surface area contributed by atoms with Crippen molar-refractivity contribution in [1.82, 2.24) is 40.2 Å². The minimum absolute atomic E-state index is 0. The van der Waals surface area contributed by atoms with Gasteiger partial charge in [0.15, 0.2) is 23.0 Å². The fraction of sp³-hybridized carbons (Fsp3) is 0.286. The molecule has 3 atom stereocenters. The lowest BCUT2D eigenvalue weighted by Gasteiger charge is -2.41. The van der Waals surface area contributed by atoms with E-state index in [-0.39, 0.29) is 101 Å². The molecule has 0 aliphatic carbocycles. The van der Waals surface area contributed by atoms with Crippen molar-refractivity contribution < 1.29 is 90.4 Å². The van der Waals surface area contributed by atoms with Gasteiger partial charge in [0.05, 0.1) is 44.0 Å². The number of aromatic nitrogens is 5. The van der Waals surface area contributed by atoms with Crippen LogP contribution in [0.3, 0.4) is 0 Å². The van der Waals surface area contributed by atoms with Gasteiger partial charge in [-0.1, -0.05) is 40.5 Å². The van der Waals surface area contributed by atoms with Gasteiger partial charge in [-0.05, 0) is 209 Å². The number of nitrogens with one attached hydrogen (secondary N) is 5. The van der Waals surface area contributed by atoms with Gasteiger partial charge in [0, 0.05) is 194 Å². The zero-order valence-electron chi connectivity index (χ0n) is 73.6. The van der Waals surface area contributed by atoms with E-state index in [4.69, 9.17) is 41.9 Å². The number of rotatable bonds is 28. The summed E-state index contributed by atoms with van der Waals surface area (Å²) in [5.74, 6) is 0.690. The Bertz CT molecular complexity index is 6650. The van der Waals surface area contributed by atoms with E-state index in [0.717, 1.165) is 59.8 Å². The second kappa shape index (κ2) is 44.0. The Labute approximate surface area is 808 Å². The third-order valence-corrected chi connectivity index (χ3v) is 30.3. The van der Waals surface area contributed by atoms with Gasteiger partial charge in [0.1, 0.15) is 47.1 Å². The number of piperazine rings is 2. The molecule has 12 aromatic rings. The molecule has 4 aromatic heterocycles. The molecule has 5 aliphatic heterocycles. The second-order valence-electron chi connectivity index (χ2n) is 31.6. The Balaban J connectivity index is 0.000000254. The van der Waals surface area contributed by atoms with E-state index in [1.807, 2.05) is 46.9 Å². The number of nitrogens with zero attached hydrogens (tertiary/aromatic N) is 13. The number of hydrogen-bond acceptors (Lipinski definition) is 28. The number of fused-ring (bicyclic) bond motifs is 1. The van der Waals surface area contributed by atoms with Gasteiger partial charge in [0.25, 0.3) is 51.9 Å². The van der Waals surface area contributed by atoms with E-state index in [9.17, 15) is 61.6 Å². The summed E-state index contributed by atoms with van der Waals surface area (Å²) in [6.45, 7) is 12.9. The highest BCUT2D eigenvalue weighted by atomic mass is 35.5. The summed E-state index contributed by atoms with van der Waals surface area (Å²) in [6, 6.07) is 50.4. The fourth-order valence-electron chi connectivity index (χ4n) is 15.3. The number of ether oxygens (including phenoxy) is 3. The van der Waals surface area contributed by atoms with E-state index in [1.165, 1.54) is 90.1 Å². The molecular formula is C91H110Cl2F2N18O16S6. The molecule has 135 heavy (non-hydrogen) atoms. The number of benzene rings is 8. The van der Waals surface area contributed by atoms with Crippen LogP contribution in [0.2, 0.25) is 10.0 Å². The first-order valence-electron chi connectivity index (χ1n) is 42.5. The predicted molar refractivity (Wildman–Crippen MR) is 530 cm³/mol. The van der Waals surface area contributed by atoms with Crippen LogP contribution in [0.4, 0.5) is 64.9 Å². The number of anilines is 10. The van der Waals surface area contributed by atoms with Crippen LogP contribution in [-0.4, -0.2) is 216 Å². The highest BCUT2D eigenvalue weighted by Gasteiger charge is 2.37. The van der Waals surface area contributed by atoms with Crippen LogP contribution in [-0.2, 0) is 65.7 Å². The van der Waals surface area contributed by atoms with Crippen LogP contribution >= 0.6 is 45.9 Å². The van der Waals surface area contributed by atoms with Gasteiger partial charge in [0.2, 0.25) is 17.7 Å². The summed E-state index contributed by atoms with van der Waals surface area (Å²) in [6.07, 6.45) is 8.16. The highest BCUT2D eigenvalue weighted by Crippen LogP contribution is 2.35. The van der Waals surface area contributed by atoms with Gasteiger partial charge in [-0.15, -0.1) is 22.7 Å². The standard InChI is InChI=1S/C27H32FN5O4S.C23H25ClN6O3S.C21H20ClFN4O4S2.C20H19N3O5S2.7H2/c1-18-19(2)29-37-26(18)30-38(35,36)24-9-7-23(8-10-24)31-13-15-32(16-14-31)27(34)20(3)33-12-4-5-21-17-22(28)6-11-25(21)33;1-28(20-4-2-3-18(24)15-20)16-23(31)30-13-11-29(12-14-30)19-5-7-21(8-6-19)34(32,33)27-22-9-10-25-17-26-22;22-18-11-16(3-6-19(18)23)31-13-20(28)25-14-7-9-27(12-14)15-1-4-17(5-2-15)33(29,30)26-21-24-8-10-32-21;1-27-15-3-2-4-16(13-15)28-18-9-11-23(19(18)24)14-5-7-17(8-6-14)30(25,26)22-20-21-10-12-29-20;;;;;;;/h6-11,17,20,30H,4-5,12-16H2,1-3H3;2-10,15,17H,11-14,16H2,1H3,(H,25,26,27);1-6,8,10-11,14H,7,9,12-13H2,(H,24,26)(H,25,28);2-8,10,12-13,18H,9,11H2,1H3,(H,21,22);7*1H/t20-;;14-;;;;;;;;/m1.0......../s1. The van der Waals surface area contributed by atoms with Gasteiger partial charge in [-0.25, -0.2) is 67.1 Å². The van der Waals surface area contributed by atoms with Crippen molar-refractivity contribution in [2.45, 2.75) is 84.2 Å². The van der Waals surface area contributed by atoms with Crippen molar-refractivity contribution in [2.24, 2.45) is 0 Å². The molecule has 9 heterocycles. The van der Waals surface area contributed by atoms with Crippen molar-refractivity contribution >= 4 is 166 Å². The molecule has 44 heteroatoms. The van der Waals surface area contributed by atoms with Crippen molar-refractivity contribution in [3.63, 3.8) is 0 Å². The molecule has 0 bridgehead atoms. The number of halogens is 4. The summed E-state index contributed by atoms with van der Waals surface area (Å²) in [7, 11) is -11.6. The molecule has 0 spiro atoms. The largest absolute Gasteiger partial charge is 0.497 e. The summed E-state index contributed by atoms with van der Waals surface area (Å²) < 4.78 is 159. The maximum atomic E-state index is 13.7. The maximum Gasteiger partial charge on any atom is 0.268 e.